The number of hydrogen-bond donors (Lipinski definition) is 3. The average Bonchev–Trinajstić information content (AvgIpc) is 3.53. The summed E-state index contributed by atoms with van der Waals surface area (Å²) in [4.78, 5) is 13.2. The number of hydrogen-bond acceptors (Lipinski definition) is 12. The van der Waals surface area contributed by atoms with E-state index in [1.807, 2.05) is 0 Å². The number of nitrogens with zero attached hydrogens (tertiary/aromatic N) is 6. The average molecular weight is 563 g/mol. The van der Waals surface area contributed by atoms with Crippen molar-refractivity contribution in [3.05, 3.63) is 72.9 Å². The Bertz CT molecular complexity index is 1700. The first-order chi connectivity index (χ1) is 19.5. The van der Waals surface area contributed by atoms with Crippen LogP contribution in [0.3, 0.4) is 0 Å². The van der Waals surface area contributed by atoms with E-state index in [4.69, 9.17) is 14.2 Å². The SMILES string of the molecule is COc1ccccc1Oc1c(NS(=O)(=O)c2ccccc2)nc(-c2ccnc(-c3nnn[nH]3)c2)nc1OCCO. The number of aliphatic hydroxyl groups excluding tert-OH is 1. The lowest BCUT2D eigenvalue weighted by Crippen LogP contribution is -2.16. The maximum Gasteiger partial charge on any atom is 0.263 e. The highest BCUT2D eigenvalue weighted by atomic mass is 32.2. The van der Waals surface area contributed by atoms with Gasteiger partial charge >= 0.3 is 0 Å². The lowest BCUT2D eigenvalue weighted by Gasteiger charge is -2.18. The first kappa shape index (κ1) is 26.5. The first-order valence-electron chi connectivity index (χ1n) is 11.7. The third-order valence-corrected chi connectivity index (χ3v) is 6.69. The van der Waals surface area contributed by atoms with Crippen molar-refractivity contribution in [1.29, 1.82) is 0 Å². The van der Waals surface area contributed by atoms with Crippen LogP contribution in [0.25, 0.3) is 22.9 Å². The molecule has 0 unspecified atom stereocenters. The van der Waals surface area contributed by atoms with E-state index in [-0.39, 0.29) is 47.1 Å². The molecular weight excluding hydrogens is 540 g/mol. The summed E-state index contributed by atoms with van der Waals surface area (Å²) in [7, 11) is -2.66. The van der Waals surface area contributed by atoms with Crippen LogP contribution < -0.4 is 18.9 Å². The van der Waals surface area contributed by atoms with Gasteiger partial charge in [-0.05, 0) is 46.8 Å². The lowest BCUT2D eigenvalue weighted by molar-refractivity contribution is 0.192. The molecule has 40 heavy (non-hydrogen) atoms. The number of para-hydroxylation sites is 2. The van der Waals surface area contributed by atoms with Crippen molar-refractivity contribution >= 4 is 15.8 Å². The summed E-state index contributed by atoms with van der Waals surface area (Å²) in [6.45, 7) is -0.495. The number of methoxy groups -OCH3 is 1. The van der Waals surface area contributed by atoms with Crippen LogP contribution in [0.2, 0.25) is 0 Å². The molecule has 5 rings (SSSR count). The minimum atomic E-state index is -4.12. The fourth-order valence-corrected chi connectivity index (χ4v) is 4.55. The van der Waals surface area contributed by atoms with Crippen LogP contribution in [0, 0.1) is 0 Å². The summed E-state index contributed by atoms with van der Waals surface area (Å²) in [6, 6.07) is 17.8. The highest BCUT2D eigenvalue weighted by molar-refractivity contribution is 7.92. The van der Waals surface area contributed by atoms with E-state index in [1.165, 1.54) is 25.4 Å². The molecule has 0 amide bonds. The molecule has 0 fully saturated rings. The van der Waals surface area contributed by atoms with Gasteiger partial charge in [-0.25, -0.2) is 18.5 Å². The maximum absolute atomic E-state index is 13.3. The van der Waals surface area contributed by atoms with Gasteiger partial charge in [-0.15, -0.1) is 5.10 Å². The fourth-order valence-electron chi connectivity index (χ4n) is 3.53. The van der Waals surface area contributed by atoms with E-state index < -0.39 is 10.0 Å². The number of pyridine rings is 1. The molecule has 3 N–H and O–H groups in total. The predicted octanol–water partition coefficient (Wildman–Crippen LogP) is 2.69. The molecule has 5 aromatic rings. The van der Waals surface area contributed by atoms with E-state index in [0.29, 0.717) is 22.8 Å². The molecule has 2 aromatic carbocycles. The monoisotopic (exact) mass is 562 g/mol. The van der Waals surface area contributed by atoms with Gasteiger partial charge in [0, 0.05) is 11.8 Å². The van der Waals surface area contributed by atoms with Crippen LogP contribution in [-0.4, -0.2) is 69.4 Å². The quantitative estimate of drug-likeness (QED) is 0.214. The maximum atomic E-state index is 13.3. The molecule has 0 spiro atoms. The minimum absolute atomic E-state index is 0.000229. The Morgan fingerprint density at radius 3 is 2.50 bits per heavy atom. The van der Waals surface area contributed by atoms with Gasteiger partial charge in [0.1, 0.15) is 12.3 Å². The van der Waals surface area contributed by atoms with Crippen molar-refractivity contribution in [3.8, 4) is 46.0 Å². The molecule has 0 saturated carbocycles. The molecule has 0 aliphatic rings. The highest BCUT2D eigenvalue weighted by Crippen LogP contribution is 2.41. The van der Waals surface area contributed by atoms with Crippen molar-refractivity contribution in [1.82, 2.24) is 35.6 Å². The van der Waals surface area contributed by atoms with Gasteiger partial charge in [-0.2, -0.15) is 4.98 Å². The molecule has 0 aliphatic heterocycles. The van der Waals surface area contributed by atoms with Gasteiger partial charge in [-0.3, -0.25) is 9.71 Å². The number of tetrazole rings is 1. The minimum Gasteiger partial charge on any atom is -0.493 e. The van der Waals surface area contributed by atoms with Crippen LogP contribution in [0.1, 0.15) is 0 Å². The lowest BCUT2D eigenvalue weighted by atomic mass is 10.2. The molecular formula is C25H22N8O6S. The second kappa shape index (κ2) is 11.7. The molecule has 0 radical (unpaired) electrons. The number of rotatable bonds is 11. The number of sulfonamides is 1. The fraction of sp³-hybridized carbons (Fsp3) is 0.120. The Morgan fingerprint density at radius 2 is 1.77 bits per heavy atom. The summed E-state index contributed by atoms with van der Waals surface area (Å²) in [5, 5.41) is 23.1. The van der Waals surface area contributed by atoms with E-state index in [0.717, 1.165) is 0 Å². The number of H-pyrrole nitrogens is 1. The summed E-state index contributed by atoms with van der Waals surface area (Å²) in [6.07, 6.45) is 1.50. The van der Waals surface area contributed by atoms with Crippen LogP contribution in [0.15, 0.2) is 77.8 Å². The van der Waals surface area contributed by atoms with Gasteiger partial charge < -0.3 is 19.3 Å². The topological polar surface area (TPSA) is 187 Å². The van der Waals surface area contributed by atoms with Crippen LogP contribution in [0.4, 0.5) is 5.82 Å². The molecule has 0 saturated heterocycles. The van der Waals surface area contributed by atoms with Crippen LogP contribution >= 0.6 is 0 Å². The third-order valence-electron chi connectivity index (χ3n) is 5.34. The summed E-state index contributed by atoms with van der Waals surface area (Å²) in [5.41, 5.74) is 0.837. The molecule has 0 aliphatic carbocycles. The number of aliphatic hydroxyl groups is 1. The smallest absolute Gasteiger partial charge is 0.263 e. The van der Waals surface area contributed by atoms with Gasteiger partial charge in [0.05, 0.1) is 18.6 Å². The van der Waals surface area contributed by atoms with Gasteiger partial charge in [0.25, 0.3) is 15.9 Å². The second-order valence-electron chi connectivity index (χ2n) is 7.95. The number of aromatic amines is 1. The number of nitrogens with one attached hydrogen (secondary N) is 2. The Labute approximate surface area is 228 Å². The molecule has 15 heteroatoms. The van der Waals surface area contributed by atoms with Crippen LogP contribution in [-0.2, 0) is 10.0 Å². The zero-order valence-corrected chi connectivity index (χ0v) is 21.7. The Hall–Kier alpha value is -5.15. The largest absolute Gasteiger partial charge is 0.493 e. The van der Waals surface area contributed by atoms with Crippen molar-refractivity contribution in [3.63, 3.8) is 0 Å². The zero-order valence-electron chi connectivity index (χ0n) is 20.9. The first-order valence-corrected chi connectivity index (χ1v) is 13.2. The Morgan fingerprint density at radius 1 is 1.00 bits per heavy atom. The van der Waals surface area contributed by atoms with Crippen LogP contribution in [0.5, 0.6) is 23.1 Å². The second-order valence-corrected chi connectivity index (χ2v) is 9.64. The van der Waals surface area contributed by atoms with E-state index in [2.05, 4.69) is 40.3 Å². The van der Waals surface area contributed by atoms with Gasteiger partial charge in [0.2, 0.25) is 5.75 Å². The molecule has 3 heterocycles. The Kier molecular flexibility index (Phi) is 7.75. The molecule has 3 aromatic heterocycles. The molecule has 204 valence electrons. The summed E-state index contributed by atoms with van der Waals surface area (Å²) < 4.78 is 46.3. The number of benzene rings is 2. The van der Waals surface area contributed by atoms with Crippen molar-refractivity contribution in [2.45, 2.75) is 4.90 Å². The molecule has 0 bridgehead atoms. The van der Waals surface area contributed by atoms with Crippen molar-refractivity contribution in [2.24, 2.45) is 0 Å². The number of ether oxygens (including phenoxy) is 3. The number of aromatic nitrogens is 7. The van der Waals surface area contributed by atoms with Crippen molar-refractivity contribution in [2.75, 3.05) is 25.0 Å². The highest BCUT2D eigenvalue weighted by Gasteiger charge is 2.25. The van der Waals surface area contributed by atoms with E-state index >= 15 is 0 Å². The van der Waals surface area contributed by atoms with E-state index in [9.17, 15) is 13.5 Å². The standard InChI is InChI=1S/C25H22N8O6S/c1-37-19-9-5-6-10-20(19)39-21-24(31-40(35,36)17-7-3-2-4-8-17)27-22(28-25(21)38-14-13-34)16-11-12-26-18(15-16)23-29-32-33-30-23/h2-12,15,34H,13-14H2,1H3,(H,27,28,31)(H,29,30,32,33). The zero-order chi connectivity index (χ0) is 28.0. The Balaban J connectivity index is 1.67. The third kappa shape index (κ3) is 5.79. The predicted molar refractivity (Wildman–Crippen MR) is 141 cm³/mol. The molecule has 14 nitrogen and oxygen atoms in total. The van der Waals surface area contributed by atoms with Gasteiger partial charge in [-0.1, -0.05) is 30.3 Å². The molecule has 0 atom stereocenters. The van der Waals surface area contributed by atoms with Gasteiger partial charge in [0.15, 0.2) is 29.0 Å². The number of anilines is 1. The normalized spacial score (nSPS) is 11.2. The van der Waals surface area contributed by atoms with Crippen molar-refractivity contribution < 1.29 is 27.7 Å². The van der Waals surface area contributed by atoms with E-state index in [1.54, 1.807) is 54.6 Å². The summed E-state index contributed by atoms with van der Waals surface area (Å²) in [5.74, 6) is 0.509. The summed E-state index contributed by atoms with van der Waals surface area (Å²) >= 11 is 0.